The molecule has 0 bridgehead atoms. The number of benzene rings is 1. The molecule has 29 heavy (non-hydrogen) atoms. The van der Waals surface area contributed by atoms with Crippen LogP contribution in [0.15, 0.2) is 35.5 Å². The van der Waals surface area contributed by atoms with Crippen molar-refractivity contribution < 1.29 is 14.3 Å². The van der Waals surface area contributed by atoms with Crippen molar-refractivity contribution in [2.75, 3.05) is 18.6 Å². The predicted molar refractivity (Wildman–Crippen MR) is 109 cm³/mol. The Labute approximate surface area is 168 Å². The fourth-order valence-corrected chi connectivity index (χ4v) is 2.85. The smallest absolute Gasteiger partial charge is 0.283 e. The molecule has 0 unspecified atom stereocenters. The summed E-state index contributed by atoms with van der Waals surface area (Å²) in [5.41, 5.74) is 2.62. The summed E-state index contributed by atoms with van der Waals surface area (Å²) in [7, 11) is 0. The number of hydrogen-bond acceptors (Lipinski definition) is 6. The second-order valence-electron chi connectivity index (χ2n) is 7.35. The van der Waals surface area contributed by atoms with E-state index in [-0.39, 0.29) is 5.54 Å². The van der Waals surface area contributed by atoms with Crippen molar-refractivity contribution in [1.29, 1.82) is 0 Å². The number of fused-ring (bicyclic) bond motifs is 1. The number of nitrogens with one attached hydrogen (secondary N) is 1. The highest BCUT2D eigenvalue weighted by Gasteiger charge is 2.20. The molecule has 0 radical (unpaired) electrons. The van der Waals surface area contributed by atoms with Crippen molar-refractivity contribution in [2.45, 2.75) is 40.2 Å². The lowest BCUT2D eigenvalue weighted by Crippen LogP contribution is -2.33. The Bertz CT molecular complexity index is 1090. The van der Waals surface area contributed by atoms with E-state index in [1.54, 1.807) is 22.9 Å². The van der Waals surface area contributed by atoms with Crippen molar-refractivity contribution in [3.05, 3.63) is 46.6 Å². The molecule has 0 aliphatic heterocycles. The first-order valence-electron chi connectivity index (χ1n) is 9.43. The van der Waals surface area contributed by atoms with Gasteiger partial charge in [-0.2, -0.15) is 5.10 Å². The average Bonchev–Trinajstić information content (AvgIpc) is 3.11. The first-order chi connectivity index (χ1) is 13.8. The van der Waals surface area contributed by atoms with Gasteiger partial charge in [0.1, 0.15) is 11.7 Å². The van der Waals surface area contributed by atoms with Crippen LogP contribution in [0.2, 0.25) is 0 Å². The zero-order valence-electron chi connectivity index (χ0n) is 17.2. The van der Waals surface area contributed by atoms with Gasteiger partial charge in [0.15, 0.2) is 17.1 Å². The number of hydrogen-bond donors (Lipinski definition) is 1. The molecule has 1 aromatic carbocycles. The highest BCUT2D eigenvalue weighted by Crippen LogP contribution is 2.28. The van der Waals surface area contributed by atoms with E-state index in [4.69, 9.17) is 9.47 Å². The highest BCUT2D eigenvalue weighted by molar-refractivity contribution is 6.00. The Kier molecular flexibility index (Phi) is 5.58. The van der Waals surface area contributed by atoms with Gasteiger partial charge in [-0.25, -0.2) is 14.3 Å². The summed E-state index contributed by atoms with van der Waals surface area (Å²) in [6, 6.07) is 4.86. The van der Waals surface area contributed by atoms with E-state index in [1.807, 2.05) is 34.6 Å². The van der Waals surface area contributed by atoms with Crippen LogP contribution in [0, 0.1) is 0 Å². The van der Waals surface area contributed by atoms with Gasteiger partial charge >= 0.3 is 0 Å². The lowest BCUT2D eigenvalue weighted by Gasteiger charge is -2.19. The van der Waals surface area contributed by atoms with Crippen molar-refractivity contribution in [3.63, 3.8) is 0 Å². The van der Waals surface area contributed by atoms with Crippen LogP contribution in [0.25, 0.3) is 11.0 Å². The Balaban J connectivity index is 1.91. The number of nitrogens with zero attached hydrogens (tertiary/aromatic N) is 4. The monoisotopic (exact) mass is 399 g/mol. The molecule has 2 heterocycles. The molecule has 0 saturated carbocycles. The van der Waals surface area contributed by atoms with Gasteiger partial charge in [0.05, 0.1) is 24.9 Å². The summed E-state index contributed by atoms with van der Waals surface area (Å²) in [6.45, 7) is 10.5. The summed E-state index contributed by atoms with van der Waals surface area (Å²) in [4.78, 5) is 29.7. The topological polar surface area (TPSA) is 100 Å². The molecule has 0 spiro atoms. The maximum Gasteiger partial charge on any atom is 0.283 e. The normalized spacial score (nSPS) is 11.5. The summed E-state index contributed by atoms with van der Waals surface area (Å²) >= 11 is 0. The first kappa shape index (κ1) is 20.4. The van der Waals surface area contributed by atoms with Crippen molar-refractivity contribution in [2.24, 2.45) is 0 Å². The van der Waals surface area contributed by atoms with E-state index in [1.165, 1.54) is 12.5 Å². The predicted octanol–water partition coefficient (Wildman–Crippen LogP) is 2.53. The molecule has 0 aliphatic carbocycles. The minimum Gasteiger partial charge on any atom is -0.490 e. The van der Waals surface area contributed by atoms with Crippen LogP contribution < -0.4 is 20.5 Å². The summed E-state index contributed by atoms with van der Waals surface area (Å²) in [5, 5.41) is 4.59. The van der Waals surface area contributed by atoms with Crippen LogP contribution in [0.5, 0.6) is 11.5 Å². The maximum absolute atomic E-state index is 12.8. The molecule has 3 rings (SSSR count). The fraction of sp³-hybridized carbons (Fsp3) is 0.400. The van der Waals surface area contributed by atoms with Crippen LogP contribution in [0.4, 0.5) is 0 Å². The quantitative estimate of drug-likeness (QED) is 0.684. The lowest BCUT2D eigenvalue weighted by atomic mass is 10.1. The van der Waals surface area contributed by atoms with Crippen LogP contribution >= 0.6 is 0 Å². The molecular formula is C20H25N5O4. The van der Waals surface area contributed by atoms with Gasteiger partial charge in [0, 0.05) is 5.56 Å². The SMILES string of the molecule is CCOc1ccc(C(=O)Nn2cnc3c(cnn3C(C)(C)C)c2=O)cc1OCC. The van der Waals surface area contributed by atoms with E-state index >= 15 is 0 Å². The van der Waals surface area contributed by atoms with Gasteiger partial charge in [-0.15, -0.1) is 0 Å². The number of carbonyl (C=O) groups excluding carboxylic acids is 1. The molecule has 0 fully saturated rings. The molecule has 0 saturated heterocycles. The van der Waals surface area contributed by atoms with Crippen molar-refractivity contribution in [3.8, 4) is 11.5 Å². The molecule has 154 valence electrons. The number of rotatable bonds is 6. The molecule has 1 amide bonds. The average molecular weight is 399 g/mol. The number of ether oxygens (including phenoxy) is 2. The van der Waals surface area contributed by atoms with Gasteiger partial charge in [0.25, 0.3) is 11.5 Å². The van der Waals surface area contributed by atoms with Crippen LogP contribution in [0.1, 0.15) is 45.0 Å². The summed E-state index contributed by atoms with van der Waals surface area (Å²) in [5.74, 6) is 0.551. The molecule has 3 aromatic rings. The molecule has 2 aromatic heterocycles. The van der Waals surface area contributed by atoms with E-state index in [0.717, 1.165) is 4.68 Å². The largest absolute Gasteiger partial charge is 0.490 e. The third kappa shape index (κ3) is 4.08. The fourth-order valence-electron chi connectivity index (χ4n) is 2.85. The Morgan fingerprint density at radius 2 is 1.83 bits per heavy atom. The number of amides is 1. The lowest BCUT2D eigenvalue weighted by molar-refractivity contribution is 0.101. The van der Waals surface area contributed by atoms with Crippen LogP contribution in [-0.4, -0.2) is 38.6 Å². The molecular weight excluding hydrogens is 374 g/mol. The Morgan fingerprint density at radius 3 is 2.48 bits per heavy atom. The van der Waals surface area contributed by atoms with Gasteiger partial charge in [-0.3, -0.25) is 15.0 Å². The first-order valence-corrected chi connectivity index (χ1v) is 9.43. The maximum atomic E-state index is 12.8. The molecule has 0 aliphatic rings. The third-order valence-corrected chi connectivity index (χ3v) is 4.15. The minimum atomic E-state index is -0.472. The second-order valence-corrected chi connectivity index (χ2v) is 7.35. The van der Waals surface area contributed by atoms with Crippen molar-refractivity contribution in [1.82, 2.24) is 19.4 Å². The van der Waals surface area contributed by atoms with E-state index in [9.17, 15) is 9.59 Å². The van der Waals surface area contributed by atoms with Crippen LogP contribution in [-0.2, 0) is 5.54 Å². The summed E-state index contributed by atoms with van der Waals surface area (Å²) in [6.07, 6.45) is 2.74. The summed E-state index contributed by atoms with van der Waals surface area (Å²) < 4.78 is 13.8. The van der Waals surface area contributed by atoms with Crippen molar-refractivity contribution >= 4 is 16.9 Å². The van der Waals surface area contributed by atoms with Gasteiger partial charge in [0.2, 0.25) is 0 Å². The molecule has 1 N–H and O–H groups in total. The molecule has 9 nitrogen and oxygen atoms in total. The van der Waals surface area contributed by atoms with Gasteiger partial charge < -0.3 is 9.47 Å². The zero-order valence-corrected chi connectivity index (χ0v) is 17.2. The molecule has 0 atom stereocenters. The number of carbonyl (C=O) groups is 1. The standard InChI is InChI=1S/C20H25N5O4/c1-6-28-15-9-8-13(10-16(15)29-7-2)18(26)23-24-12-21-17-14(19(24)27)11-22-25(17)20(3,4)5/h8-12H,6-7H2,1-5H3,(H,23,26). The van der Waals surface area contributed by atoms with Gasteiger partial charge in [-0.1, -0.05) is 0 Å². The van der Waals surface area contributed by atoms with Gasteiger partial charge in [-0.05, 0) is 52.8 Å². The van der Waals surface area contributed by atoms with Crippen LogP contribution in [0.3, 0.4) is 0 Å². The second kappa shape index (κ2) is 7.94. The Morgan fingerprint density at radius 1 is 1.14 bits per heavy atom. The van der Waals surface area contributed by atoms with E-state index in [0.29, 0.717) is 41.3 Å². The molecule has 9 heteroatoms. The minimum absolute atomic E-state index is 0.324. The van der Waals surface area contributed by atoms with E-state index < -0.39 is 11.5 Å². The Hall–Kier alpha value is -3.36. The number of aromatic nitrogens is 4. The third-order valence-electron chi connectivity index (χ3n) is 4.15. The zero-order chi connectivity index (χ0) is 21.2. The highest BCUT2D eigenvalue weighted by atomic mass is 16.5. The van der Waals surface area contributed by atoms with E-state index in [2.05, 4.69) is 15.5 Å².